The second-order valence-corrected chi connectivity index (χ2v) is 4.62. The number of hydrogen-bond acceptors (Lipinski definition) is 6. The van der Waals surface area contributed by atoms with Gasteiger partial charge in [-0.3, -0.25) is 9.97 Å². The normalized spacial score (nSPS) is 16.1. The van der Waals surface area contributed by atoms with Crippen LogP contribution >= 0.6 is 0 Å². The zero-order chi connectivity index (χ0) is 14.3. The summed E-state index contributed by atoms with van der Waals surface area (Å²) in [5.74, 6) is 0. The van der Waals surface area contributed by atoms with Gasteiger partial charge in [-0.1, -0.05) is 6.92 Å². The van der Waals surface area contributed by atoms with Crippen molar-refractivity contribution in [3.8, 4) is 0 Å². The molecule has 0 aromatic carbocycles. The van der Waals surface area contributed by atoms with E-state index in [-0.39, 0.29) is 6.42 Å². The highest BCUT2D eigenvalue weighted by Gasteiger charge is 2.16. The molecule has 0 saturated heterocycles. The van der Waals surface area contributed by atoms with Gasteiger partial charge < -0.3 is 20.6 Å². The third-order valence-electron chi connectivity index (χ3n) is 3.16. The van der Waals surface area contributed by atoms with Gasteiger partial charge in [0.05, 0.1) is 24.1 Å². The molecule has 19 heavy (non-hydrogen) atoms. The molecule has 0 unspecified atom stereocenters. The lowest BCUT2D eigenvalue weighted by molar-refractivity contribution is -0.0137. The Balaban J connectivity index is 2.56. The maximum Gasteiger partial charge on any atom is 0.103 e. The summed E-state index contributed by atoms with van der Waals surface area (Å²) >= 11 is 0. The van der Waals surface area contributed by atoms with Crippen LogP contribution in [0, 0.1) is 0 Å². The van der Waals surface area contributed by atoms with Crippen LogP contribution in [0.1, 0.15) is 24.7 Å². The van der Waals surface area contributed by atoms with Gasteiger partial charge in [0.15, 0.2) is 0 Å². The molecule has 4 N–H and O–H groups in total. The van der Waals surface area contributed by atoms with Crippen molar-refractivity contribution in [1.29, 1.82) is 0 Å². The van der Waals surface area contributed by atoms with Crippen molar-refractivity contribution in [3.63, 3.8) is 0 Å². The summed E-state index contributed by atoms with van der Waals surface area (Å²) in [4.78, 5) is 8.51. The molecule has 0 spiro atoms. The number of aliphatic hydroxyl groups is 3. The molecule has 6 heteroatoms. The van der Waals surface area contributed by atoms with Gasteiger partial charge in [-0.2, -0.15) is 0 Å². The Morgan fingerprint density at radius 2 is 1.68 bits per heavy atom. The molecular weight excluding hydrogens is 246 g/mol. The third kappa shape index (κ3) is 5.20. The molecule has 0 amide bonds. The van der Waals surface area contributed by atoms with E-state index in [1.807, 2.05) is 7.05 Å². The van der Waals surface area contributed by atoms with Crippen LogP contribution < -0.4 is 5.32 Å². The molecule has 0 saturated carbocycles. The number of aliphatic hydroxyl groups excluding tert-OH is 3. The predicted octanol–water partition coefficient (Wildman–Crippen LogP) is -0.726. The molecule has 108 valence electrons. The number of nitrogens with zero attached hydrogens (tertiary/aromatic N) is 2. The average Bonchev–Trinajstić information content (AvgIpc) is 2.45. The second kappa shape index (κ2) is 8.16. The monoisotopic (exact) mass is 269 g/mol. The minimum absolute atomic E-state index is 0.179. The fraction of sp³-hybridized carbons (Fsp3) is 0.692. The minimum atomic E-state index is -1.14. The first kappa shape index (κ1) is 16.0. The Morgan fingerprint density at radius 3 is 2.11 bits per heavy atom. The maximum atomic E-state index is 9.57. The first-order valence-corrected chi connectivity index (χ1v) is 6.54. The standard InChI is InChI=1S/C13H23N3O3/c1-3-9(14-2)4-10-6-16-11(7-15-10)5-12(18)13(19)8-17/h6-7,9,12-14,17-19H,3-5,8H2,1-2H3/t9-,12-,13+/m0/s1. The highest BCUT2D eigenvalue weighted by Crippen LogP contribution is 2.06. The Hall–Kier alpha value is -1.08. The van der Waals surface area contributed by atoms with Crippen molar-refractivity contribution < 1.29 is 15.3 Å². The van der Waals surface area contributed by atoms with Gasteiger partial charge in [0, 0.05) is 31.3 Å². The number of likely N-dealkylation sites (N-methyl/N-ethyl adjacent to an activating group) is 1. The van der Waals surface area contributed by atoms with Crippen molar-refractivity contribution in [2.75, 3.05) is 13.7 Å². The van der Waals surface area contributed by atoms with Gasteiger partial charge in [0.25, 0.3) is 0 Å². The topological polar surface area (TPSA) is 98.5 Å². The largest absolute Gasteiger partial charge is 0.394 e. The SMILES string of the molecule is CC[C@@H](Cc1cnc(C[C@H](O)[C@H](O)CO)cn1)NC. The molecule has 0 bridgehead atoms. The summed E-state index contributed by atoms with van der Waals surface area (Å²) in [5, 5.41) is 30.8. The second-order valence-electron chi connectivity index (χ2n) is 4.62. The molecule has 0 aliphatic rings. The third-order valence-corrected chi connectivity index (χ3v) is 3.16. The molecule has 1 rings (SSSR count). The van der Waals surface area contributed by atoms with Crippen LogP contribution in [0.4, 0.5) is 0 Å². The van der Waals surface area contributed by atoms with E-state index in [0.717, 1.165) is 18.5 Å². The van der Waals surface area contributed by atoms with Gasteiger partial charge in [-0.25, -0.2) is 0 Å². The average molecular weight is 269 g/mol. The van der Waals surface area contributed by atoms with Gasteiger partial charge in [-0.15, -0.1) is 0 Å². The molecule has 0 fully saturated rings. The molecule has 1 aromatic heterocycles. The van der Waals surface area contributed by atoms with Crippen molar-refractivity contribution >= 4 is 0 Å². The van der Waals surface area contributed by atoms with E-state index in [2.05, 4.69) is 22.2 Å². The van der Waals surface area contributed by atoms with Crippen LogP contribution in [0.25, 0.3) is 0 Å². The Kier molecular flexibility index (Phi) is 6.86. The lowest BCUT2D eigenvalue weighted by Crippen LogP contribution is -2.31. The first-order chi connectivity index (χ1) is 9.10. The van der Waals surface area contributed by atoms with Crippen molar-refractivity contribution in [3.05, 3.63) is 23.8 Å². The zero-order valence-corrected chi connectivity index (χ0v) is 11.5. The molecule has 1 aromatic rings. The van der Waals surface area contributed by atoms with Crippen molar-refractivity contribution in [1.82, 2.24) is 15.3 Å². The van der Waals surface area contributed by atoms with Crippen LogP contribution in [-0.2, 0) is 12.8 Å². The summed E-state index contributed by atoms with van der Waals surface area (Å²) in [7, 11) is 1.92. The highest BCUT2D eigenvalue weighted by atomic mass is 16.4. The predicted molar refractivity (Wildman–Crippen MR) is 71.7 cm³/mol. The summed E-state index contributed by atoms with van der Waals surface area (Å²) < 4.78 is 0. The lowest BCUT2D eigenvalue weighted by Gasteiger charge is -2.15. The van der Waals surface area contributed by atoms with E-state index < -0.39 is 18.8 Å². The van der Waals surface area contributed by atoms with Crippen LogP contribution in [0.15, 0.2) is 12.4 Å². The van der Waals surface area contributed by atoms with Crippen molar-refractivity contribution in [2.45, 2.75) is 44.4 Å². The van der Waals surface area contributed by atoms with Gasteiger partial charge >= 0.3 is 0 Å². The minimum Gasteiger partial charge on any atom is -0.394 e. The summed E-state index contributed by atoms with van der Waals surface area (Å²) in [6, 6.07) is 0.377. The molecule has 0 radical (unpaired) electrons. The van der Waals surface area contributed by atoms with E-state index in [1.54, 1.807) is 12.4 Å². The molecule has 1 heterocycles. The van der Waals surface area contributed by atoms with E-state index in [9.17, 15) is 10.2 Å². The summed E-state index contributed by atoms with van der Waals surface area (Å²) in [6.07, 6.45) is 3.13. The van der Waals surface area contributed by atoms with Crippen LogP contribution in [0.2, 0.25) is 0 Å². The lowest BCUT2D eigenvalue weighted by atomic mass is 10.1. The molecule has 0 aliphatic carbocycles. The van der Waals surface area contributed by atoms with E-state index >= 15 is 0 Å². The Bertz CT molecular complexity index is 355. The number of nitrogens with one attached hydrogen (secondary N) is 1. The van der Waals surface area contributed by atoms with Gasteiger partial charge in [0.2, 0.25) is 0 Å². The zero-order valence-electron chi connectivity index (χ0n) is 11.5. The summed E-state index contributed by atoms with van der Waals surface area (Å²) in [6.45, 7) is 1.64. The Labute approximate surface area is 113 Å². The number of hydrogen-bond donors (Lipinski definition) is 4. The van der Waals surface area contributed by atoms with E-state index in [0.29, 0.717) is 11.7 Å². The molecular formula is C13H23N3O3. The van der Waals surface area contributed by atoms with Crippen LogP contribution in [0.5, 0.6) is 0 Å². The maximum absolute atomic E-state index is 9.57. The van der Waals surface area contributed by atoms with Gasteiger partial charge in [-0.05, 0) is 13.5 Å². The van der Waals surface area contributed by atoms with Crippen LogP contribution in [-0.4, -0.2) is 57.2 Å². The van der Waals surface area contributed by atoms with E-state index in [4.69, 9.17) is 5.11 Å². The van der Waals surface area contributed by atoms with Crippen molar-refractivity contribution in [2.24, 2.45) is 0 Å². The number of aromatic nitrogens is 2. The van der Waals surface area contributed by atoms with Crippen LogP contribution in [0.3, 0.4) is 0 Å². The quantitative estimate of drug-likeness (QED) is 0.497. The smallest absolute Gasteiger partial charge is 0.103 e. The molecule has 6 nitrogen and oxygen atoms in total. The molecule has 0 aliphatic heterocycles. The highest BCUT2D eigenvalue weighted by molar-refractivity contribution is 5.05. The fourth-order valence-corrected chi connectivity index (χ4v) is 1.77. The molecule has 3 atom stereocenters. The summed E-state index contributed by atoms with van der Waals surface area (Å²) in [5.41, 5.74) is 1.49. The Morgan fingerprint density at radius 1 is 1.11 bits per heavy atom. The van der Waals surface area contributed by atoms with Gasteiger partial charge in [0.1, 0.15) is 6.10 Å². The number of rotatable bonds is 8. The first-order valence-electron chi connectivity index (χ1n) is 6.54. The fourth-order valence-electron chi connectivity index (χ4n) is 1.77. The van der Waals surface area contributed by atoms with E-state index in [1.165, 1.54) is 0 Å².